The monoisotopic (exact) mass is 347 g/mol. The van der Waals surface area contributed by atoms with E-state index in [1.807, 2.05) is 18.2 Å². The van der Waals surface area contributed by atoms with Crippen molar-refractivity contribution in [2.45, 2.75) is 50.5 Å². The number of rotatable bonds is 6. The first-order chi connectivity index (χ1) is 12.0. The molecule has 0 spiro atoms. The van der Waals surface area contributed by atoms with Crippen molar-refractivity contribution < 1.29 is 14.7 Å². The molecular weight excluding hydrogens is 318 g/mol. The lowest BCUT2D eigenvalue weighted by atomic mass is 9.95. The molecular formula is C19H29N3O3. The third-order valence-corrected chi connectivity index (χ3v) is 4.73. The molecule has 1 aromatic carbocycles. The molecule has 0 heterocycles. The van der Waals surface area contributed by atoms with E-state index >= 15 is 0 Å². The van der Waals surface area contributed by atoms with Gasteiger partial charge in [0, 0.05) is 25.7 Å². The Bertz CT molecular complexity index is 581. The molecule has 6 nitrogen and oxygen atoms in total. The van der Waals surface area contributed by atoms with E-state index in [0.29, 0.717) is 25.1 Å². The van der Waals surface area contributed by atoms with Gasteiger partial charge in [-0.3, -0.25) is 4.79 Å². The summed E-state index contributed by atoms with van der Waals surface area (Å²) >= 11 is 0. The molecule has 0 saturated heterocycles. The highest BCUT2D eigenvalue weighted by Gasteiger charge is 2.28. The summed E-state index contributed by atoms with van der Waals surface area (Å²) in [5.41, 5.74) is 0.833. The van der Waals surface area contributed by atoms with Gasteiger partial charge in [0.25, 0.3) is 5.91 Å². The SMILES string of the molecule is CNC(=O)c1cccc(CCNC(=O)NCC2(O)CCCCCC2)c1. The van der Waals surface area contributed by atoms with E-state index in [4.69, 9.17) is 0 Å². The normalized spacial score (nSPS) is 16.6. The quantitative estimate of drug-likeness (QED) is 0.593. The smallest absolute Gasteiger partial charge is 0.314 e. The number of benzene rings is 1. The van der Waals surface area contributed by atoms with Gasteiger partial charge in [-0.25, -0.2) is 4.79 Å². The van der Waals surface area contributed by atoms with Crippen LogP contribution in [0.5, 0.6) is 0 Å². The average molecular weight is 347 g/mol. The van der Waals surface area contributed by atoms with Gasteiger partial charge in [-0.2, -0.15) is 0 Å². The molecule has 0 aromatic heterocycles. The van der Waals surface area contributed by atoms with Crippen LogP contribution in [0, 0.1) is 0 Å². The van der Waals surface area contributed by atoms with Crippen molar-refractivity contribution in [1.29, 1.82) is 0 Å². The summed E-state index contributed by atoms with van der Waals surface area (Å²) in [6, 6.07) is 7.09. The Morgan fingerprint density at radius 2 is 1.84 bits per heavy atom. The Kier molecular flexibility index (Phi) is 7.25. The number of carbonyl (C=O) groups is 2. The molecule has 1 aliphatic rings. The van der Waals surface area contributed by atoms with Crippen LogP contribution in [-0.4, -0.2) is 42.8 Å². The van der Waals surface area contributed by atoms with Crippen LogP contribution in [0.4, 0.5) is 4.79 Å². The topological polar surface area (TPSA) is 90.5 Å². The first-order valence-electron chi connectivity index (χ1n) is 9.07. The van der Waals surface area contributed by atoms with Crippen molar-refractivity contribution in [2.75, 3.05) is 20.1 Å². The van der Waals surface area contributed by atoms with E-state index < -0.39 is 5.60 Å². The van der Waals surface area contributed by atoms with Crippen LogP contribution in [0.2, 0.25) is 0 Å². The minimum absolute atomic E-state index is 0.121. The highest BCUT2D eigenvalue weighted by Crippen LogP contribution is 2.26. The van der Waals surface area contributed by atoms with E-state index in [2.05, 4.69) is 16.0 Å². The summed E-state index contributed by atoms with van der Waals surface area (Å²) in [6.45, 7) is 0.770. The summed E-state index contributed by atoms with van der Waals surface area (Å²) in [5.74, 6) is -0.121. The van der Waals surface area contributed by atoms with Crippen LogP contribution >= 0.6 is 0 Å². The number of amides is 3. The minimum Gasteiger partial charge on any atom is -0.388 e. The van der Waals surface area contributed by atoms with Crippen molar-refractivity contribution in [1.82, 2.24) is 16.0 Å². The average Bonchev–Trinajstić information content (AvgIpc) is 2.84. The molecule has 0 bridgehead atoms. The number of hydrogen-bond donors (Lipinski definition) is 4. The maximum atomic E-state index is 11.9. The van der Waals surface area contributed by atoms with Gasteiger partial charge in [0.05, 0.1) is 5.60 Å². The van der Waals surface area contributed by atoms with Crippen LogP contribution in [0.1, 0.15) is 54.4 Å². The maximum Gasteiger partial charge on any atom is 0.314 e. The molecule has 0 aliphatic heterocycles. The minimum atomic E-state index is -0.768. The lowest BCUT2D eigenvalue weighted by molar-refractivity contribution is 0.0277. The molecule has 1 saturated carbocycles. The van der Waals surface area contributed by atoms with Gasteiger partial charge in [0.15, 0.2) is 0 Å². The third-order valence-electron chi connectivity index (χ3n) is 4.73. The Balaban J connectivity index is 1.72. The zero-order chi connectivity index (χ0) is 18.1. The van der Waals surface area contributed by atoms with Gasteiger partial charge in [-0.1, -0.05) is 37.8 Å². The molecule has 1 aliphatic carbocycles. The number of urea groups is 1. The molecule has 4 N–H and O–H groups in total. The zero-order valence-corrected chi connectivity index (χ0v) is 14.9. The van der Waals surface area contributed by atoms with Crippen molar-refractivity contribution in [3.05, 3.63) is 35.4 Å². The summed E-state index contributed by atoms with van der Waals surface area (Å²) in [4.78, 5) is 23.6. The Hall–Kier alpha value is -2.08. The molecule has 6 heteroatoms. The molecule has 3 amide bonds. The lowest BCUT2D eigenvalue weighted by Crippen LogP contribution is -2.46. The zero-order valence-electron chi connectivity index (χ0n) is 14.9. The third kappa shape index (κ3) is 6.38. The number of nitrogens with one attached hydrogen (secondary N) is 3. The van der Waals surface area contributed by atoms with Crippen molar-refractivity contribution in [2.24, 2.45) is 0 Å². The second-order valence-electron chi connectivity index (χ2n) is 6.78. The first kappa shape index (κ1) is 19.2. The summed E-state index contributed by atoms with van der Waals surface area (Å²) in [6.07, 6.45) is 6.48. The van der Waals surface area contributed by atoms with Crippen LogP contribution in [0.3, 0.4) is 0 Å². The van der Waals surface area contributed by atoms with E-state index in [9.17, 15) is 14.7 Å². The fraction of sp³-hybridized carbons (Fsp3) is 0.579. The van der Waals surface area contributed by atoms with Crippen molar-refractivity contribution >= 4 is 11.9 Å². The molecule has 138 valence electrons. The maximum absolute atomic E-state index is 11.9. The van der Waals surface area contributed by atoms with Crippen LogP contribution < -0.4 is 16.0 Å². The highest BCUT2D eigenvalue weighted by molar-refractivity contribution is 5.94. The Labute approximate surface area is 149 Å². The molecule has 0 radical (unpaired) electrons. The number of aliphatic hydroxyl groups is 1. The van der Waals surface area contributed by atoms with Gasteiger partial charge < -0.3 is 21.1 Å². The number of carbonyl (C=O) groups excluding carboxylic acids is 2. The number of hydrogen-bond acceptors (Lipinski definition) is 3. The molecule has 0 atom stereocenters. The van der Waals surface area contributed by atoms with Gasteiger partial charge in [-0.15, -0.1) is 0 Å². The van der Waals surface area contributed by atoms with Gasteiger partial charge in [0.2, 0.25) is 0 Å². The van der Waals surface area contributed by atoms with Gasteiger partial charge >= 0.3 is 6.03 Å². The highest BCUT2D eigenvalue weighted by atomic mass is 16.3. The lowest BCUT2D eigenvalue weighted by Gasteiger charge is -2.26. The van der Waals surface area contributed by atoms with Crippen LogP contribution in [0.15, 0.2) is 24.3 Å². The van der Waals surface area contributed by atoms with E-state index in [0.717, 1.165) is 44.1 Å². The standard InChI is InChI=1S/C19H29N3O3/c1-20-17(23)16-8-6-7-15(13-16)9-12-21-18(24)22-14-19(25)10-4-2-3-5-11-19/h6-8,13,25H,2-5,9-12,14H2,1H3,(H,20,23)(H2,21,22,24). The summed E-state index contributed by atoms with van der Waals surface area (Å²) in [5, 5.41) is 18.7. The fourth-order valence-corrected chi connectivity index (χ4v) is 3.20. The van der Waals surface area contributed by atoms with E-state index in [1.54, 1.807) is 13.1 Å². The van der Waals surface area contributed by atoms with E-state index in [-0.39, 0.29) is 11.9 Å². The summed E-state index contributed by atoms with van der Waals surface area (Å²) < 4.78 is 0. The summed E-state index contributed by atoms with van der Waals surface area (Å²) in [7, 11) is 1.60. The van der Waals surface area contributed by atoms with Crippen molar-refractivity contribution in [3.8, 4) is 0 Å². The molecule has 1 fully saturated rings. The second kappa shape index (κ2) is 9.42. The second-order valence-corrected chi connectivity index (χ2v) is 6.78. The first-order valence-corrected chi connectivity index (χ1v) is 9.07. The Morgan fingerprint density at radius 1 is 1.12 bits per heavy atom. The van der Waals surface area contributed by atoms with Crippen molar-refractivity contribution in [3.63, 3.8) is 0 Å². The predicted octanol–water partition coefficient (Wildman–Crippen LogP) is 1.97. The molecule has 25 heavy (non-hydrogen) atoms. The Morgan fingerprint density at radius 3 is 2.52 bits per heavy atom. The largest absolute Gasteiger partial charge is 0.388 e. The molecule has 1 aromatic rings. The van der Waals surface area contributed by atoms with Crippen LogP contribution in [-0.2, 0) is 6.42 Å². The predicted molar refractivity (Wildman–Crippen MR) is 97.6 cm³/mol. The van der Waals surface area contributed by atoms with Gasteiger partial charge in [-0.05, 0) is 37.0 Å². The molecule has 2 rings (SSSR count). The van der Waals surface area contributed by atoms with E-state index in [1.165, 1.54) is 0 Å². The fourth-order valence-electron chi connectivity index (χ4n) is 3.20. The molecule has 0 unspecified atom stereocenters. The van der Waals surface area contributed by atoms with Crippen LogP contribution in [0.25, 0.3) is 0 Å². The van der Waals surface area contributed by atoms with Gasteiger partial charge in [0.1, 0.15) is 0 Å².